The van der Waals surface area contributed by atoms with Crippen LogP contribution in [0.2, 0.25) is 0 Å². The number of carbonyl (C=O) groups is 2. The van der Waals surface area contributed by atoms with E-state index in [9.17, 15) is 9.59 Å². The second-order valence-electron chi connectivity index (χ2n) is 7.87. The number of morpholine rings is 1. The number of rotatable bonds is 8. The monoisotopic (exact) mass is 432 g/mol. The standard InChI is InChI=1S/C25H28N4O3/c26-25(31)21-6-3-9-23(20(21)7-4-12-29-13-15-32-16-14-29)28-24(30)11-10-18-17-27-22-8-2-1-5-19(18)22/h1-3,5-6,8-11,17,27H,4,7,12-16H2,(H2,26,31)(H,28,30). The minimum atomic E-state index is -0.489. The molecule has 166 valence electrons. The molecule has 2 aromatic carbocycles. The lowest BCUT2D eigenvalue weighted by atomic mass is 9.99. The smallest absolute Gasteiger partial charge is 0.249 e. The summed E-state index contributed by atoms with van der Waals surface area (Å²) in [7, 11) is 0. The van der Waals surface area contributed by atoms with Crippen molar-refractivity contribution in [2.24, 2.45) is 5.73 Å². The third-order valence-electron chi connectivity index (χ3n) is 5.74. The molecule has 2 amide bonds. The number of primary amides is 1. The molecule has 0 aliphatic carbocycles. The number of aromatic nitrogens is 1. The lowest BCUT2D eigenvalue weighted by molar-refractivity contribution is -0.111. The van der Waals surface area contributed by atoms with Gasteiger partial charge in [-0.15, -0.1) is 0 Å². The van der Waals surface area contributed by atoms with E-state index in [-0.39, 0.29) is 5.91 Å². The number of nitrogens with one attached hydrogen (secondary N) is 2. The van der Waals surface area contributed by atoms with Crippen LogP contribution in [-0.4, -0.2) is 54.5 Å². The fourth-order valence-corrected chi connectivity index (χ4v) is 4.08. The van der Waals surface area contributed by atoms with Gasteiger partial charge in [0.15, 0.2) is 0 Å². The van der Waals surface area contributed by atoms with Crippen molar-refractivity contribution < 1.29 is 14.3 Å². The Morgan fingerprint density at radius 1 is 1.12 bits per heavy atom. The summed E-state index contributed by atoms with van der Waals surface area (Å²) >= 11 is 0. The number of hydrogen-bond donors (Lipinski definition) is 3. The van der Waals surface area contributed by atoms with E-state index in [1.807, 2.05) is 36.5 Å². The SMILES string of the molecule is NC(=O)c1cccc(NC(=O)C=Cc2c[nH]c3ccccc23)c1CCCN1CCOCC1. The van der Waals surface area contributed by atoms with Gasteiger partial charge in [0.1, 0.15) is 0 Å². The molecular weight excluding hydrogens is 404 g/mol. The third-order valence-corrected chi connectivity index (χ3v) is 5.74. The Morgan fingerprint density at radius 3 is 2.75 bits per heavy atom. The van der Waals surface area contributed by atoms with Crippen molar-refractivity contribution >= 4 is 34.5 Å². The highest BCUT2D eigenvalue weighted by atomic mass is 16.5. The molecule has 1 aliphatic rings. The molecule has 1 aromatic heterocycles. The first-order valence-corrected chi connectivity index (χ1v) is 10.9. The van der Waals surface area contributed by atoms with E-state index in [0.29, 0.717) is 17.7 Å². The highest BCUT2D eigenvalue weighted by molar-refractivity contribution is 6.05. The van der Waals surface area contributed by atoms with Gasteiger partial charge >= 0.3 is 0 Å². The summed E-state index contributed by atoms with van der Waals surface area (Å²) in [5.41, 5.74) is 9.41. The first kappa shape index (κ1) is 21.8. The zero-order valence-corrected chi connectivity index (χ0v) is 18.0. The number of fused-ring (bicyclic) bond motifs is 1. The second kappa shape index (κ2) is 10.3. The van der Waals surface area contributed by atoms with Crippen molar-refractivity contribution in [3.8, 4) is 0 Å². The minimum absolute atomic E-state index is 0.258. The number of H-pyrrole nitrogens is 1. The van der Waals surface area contributed by atoms with Crippen LogP contribution in [0, 0.1) is 0 Å². The van der Waals surface area contributed by atoms with Crippen LogP contribution in [0.1, 0.15) is 27.9 Å². The molecule has 1 fully saturated rings. The predicted octanol–water partition coefficient (Wildman–Crippen LogP) is 3.18. The van der Waals surface area contributed by atoms with Crippen molar-refractivity contribution in [2.45, 2.75) is 12.8 Å². The van der Waals surface area contributed by atoms with Crippen LogP contribution >= 0.6 is 0 Å². The number of benzene rings is 2. The van der Waals surface area contributed by atoms with E-state index < -0.39 is 5.91 Å². The summed E-state index contributed by atoms with van der Waals surface area (Å²) in [4.78, 5) is 30.2. The van der Waals surface area contributed by atoms with Gasteiger partial charge in [0.2, 0.25) is 11.8 Å². The molecule has 4 N–H and O–H groups in total. The number of amides is 2. The van der Waals surface area contributed by atoms with Gasteiger partial charge in [-0.05, 0) is 54.8 Å². The van der Waals surface area contributed by atoms with Crippen LogP contribution in [0.3, 0.4) is 0 Å². The van der Waals surface area contributed by atoms with Gasteiger partial charge in [-0.3, -0.25) is 14.5 Å². The molecule has 0 atom stereocenters. The van der Waals surface area contributed by atoms with E-state index in [2.05, 4.69) is 15.2 Å². The predicted molar refractivity (Wildman–Crippen MR) is 127 cm³/mol. The van der Waals surface area contributed by atoms with Gasteiger partial charge < -0.3 is 20.8 Å². The topological polar surface area (TPSA) is 100 Å². The molecule has 4 rings (SSSR count). The number of hydrogen-bond acceptors (Lipinski definition) is 4. The molecule has 32 heavy (non-hydrogen) atoms. The summed E-state index contributed by atoms with van der Waals surface area (Å²) in [6.07, 6.45) is 6.67. The molecule has 0 unspecified atom stereocenters. The number of ether oxygens (including phenoxy) is 1. The lowest BCUT2D eigenvalue weighted by Gasteiger charge is -2.26. The summed E-state index contributed by atoms with van der Waals surface area (Å²) in [6.45, 7) is 4.24. The van der Waals surface area contributed by atoms with Gasteiger partial charge in [-0.2, -0.15) is 0 Å². The van der Waals surface area contributed by atoms with E-state index in [1.165, 1.54) is 6.08 Å². The van der Waals surface area contributed by atoms with E-state index in [0.717, 1.165) is 61.3 Å². The fraction of sp³-hybridized carbons (Fsp3) is 0.280. The Labute approximate surface area is 187 Å². The third kappa shape index (κ3) is 5.25. The van der Waals surface area contributed by atoms with E-state index in [1.54, 1.807) is 18.2 Å². The Hall–Kier alpha value is -3.42. The molecule has 1 aliphatic heterocycles. The maximum absolute atomic E-state index is 12.7. The molecule has 3 aromatic rings. The zero-order valence-electron chi connectivity index (χ0n) is 18.0. The van der Waals surface area contributed by atoms with Crippen molar-refractivity contribution in [3.05, 3.63) is 71.4 Å². The van der Waals surface area contributed by atoms with Crippen LogP contribution in [0.5, 0.6) is 0 Å². The summed E-state index contributed by atoms with van der Waals surface area (Å²) in [5.74, 6) is -0.747. The minimum Gasteiger partial charge on any atom is -0.379 e. The molecule has 7 heteroatoms. The molecular formula is C25H28N4O3. The molecule has 0 spiro atoms. The fourth-order valence-electron chi connectivity index (χ4n) is 4.08. The number of nitrogens with zero attached hydrogens (tertiary/aromatic N) is 1. The Morgan fingerprint density at radius 2 is 1.94 bits per heavy atom. The lowest BCUT2D eigenvalue weighted by Crippen LogP contribution is -2.37. The average Bonchev–Trinajstić information content (AvgIpc) is 3.22. The Kier molecular flexibility index (Phi) is 6.99. The van der Waals surface area contributed by atoms with Crippen LogP contribution in [0.15, 0.2) is 54.7 Å². The largest absolute Gasteiger partial charge is 0.379 e. The molecule has 0 radical (unpaired) electrons. The number of para-hydroxylation sites is 1. The second-order valence-corrected chi connectivity index (χ2v) is 7.87. The van der Waals surface area contributed by atoms with Gasteiger partial charge in [0.05, 0.1) is 13.2 Å². The molecule has 0 bridgehead atoms. The normalized spacial score (nSPS) is 14.8. The maximum Gasteiger partial charge on any atom is 0.249 e. The maximum atomic E-state index is 12.7. The Balaban J connectivity index is 1.46. The average molecular weight is 433 g/mol. The van der Waals surface area contributed by atoms with Gasteiger partial charge in [-0.25, -0.2) is 0 Å². The summed E-state index contributed by atoms with van der Waals surface area (Å²) in [6, 6.07) is 13.2. The van der Waals surface area contributed by atoms with Gasteiger partial charge in [0.25, 0.3) is 0 Å². The van der Waals surface area contributed by atoms with E-state index in [4.69, 9.17) is 10.5 Å². The van der Waals surface area contributed by atoms with Crippen molar-refractivity contribution in [2.75, 3.05) is 38.2 Å². The van der Waals surface area contributed by atoms with Gasteiger partial charge in [0, 0.05) is 47.5 Å². The van der Waals surface area contributed by atoms with E-state index >= 15 is 0 Å². The van der Waals surface area contributed by atoms with Crippen LogP contribution in [0.4, 0.5) is 5.69 Å². The van der Waals surface area contributed by atoms with Crippen molar-refractivity contribution in [1.82, 2.24) is 9.88 Å². The zero-order chi connectivity index (χ0) is 22.3. The summed E-state index contributed by atoms with van der Waals surface area (Å²) in [5, 5.41) is 3.98. The molecule has 2 heterocycles. The highest BCUT2D eigenvalue weighted by Gasteiger charge is 2.15. The Bertz CT molecular complexity index is 1130. The molecule has 7 nitrogen and oxygen atoms in total. The van der Waals surface area contributed by atoms with Crippen LogP contribution < -0.4 is 11.1 Å². The first-order chi connectivity index (χ1) is 15.6. The number of aromatic amines is 1. The molecule has 0 saturated carbocycles. The van der Waals surface area contributed by atoms with Gasteiger partial charge in [-0.1, -0.05) is 24.3 Å². The number of anilines is 1. The van der Waals surface area contributed by atoms with Crippen molar-refractivity contribution in [3.63, 3.8) is 0 Å². The van der Waals surface area contributed by atoms with Crippen LogP contribution in [0.25, 0.3) is 17.0 Å². The first-order valence-electron chi connectivity index (χ1n) is 10.9. The van der Waals surface area contributed by atoms with Crippen LogP contribution in [-0.2, 0) is 16.0 Å². The number of nitrogens with two attached hydrogens (primary N) is 1. The number of carbonyl (C=O) groups excluding carboxylic acids is 2. The van der Waals surface area contributed by atoms with Crippen molar-refractivity contribution in [1.29, 1.82) is 0 Å². The highest BCUT2D eigenvalue weighted by Crippen LogP contribution is 2.23. The molecule has 1 saturated heterocycles. The summed E-state index contributed by atoms with van der Waals surface area (Å²) < 4.78 is 5.39. The quantitative estimate of drug-likeness (QED) is 0.476.